The Bertz CT molecular complexity index is 695. The van der Waals surface area contributed by atoms with Gasteiger partial charge in [-0.1, -0.05) is 31.2 Å². The molecule has 26 heavy (non-hydrogen) atoms. The number of hydrogen-bond donors (Lipinski definition) is 2. The summed E-state index contributed by atoms with van der Waals surface area (Å²) in [4.78, 5) is 4.28. The average molecular weight is 358 g/mol. The first kappa shape index (κ1) is 19.9. The van der Waals surface area contributed by atoms with Crippen LogP contribution in [0, 0.1) is 0 Å². The fourth-order valence-electron chi connectivity index (χ4n) is 2.53. The molecule has 0 aliphatic heterocycles. The molecule has 0 saturated carbocycles. The lowest BCUT2D eigenvalue weighted by Crippen LogP contribution is -2.38. The Morgan fingerprint density at radius 2 is 2.08 bits per heavy atom. The molecule has 0 radical (unpaired) electrons. The Labute approximate surface area is 155 Å². The fraction of sp³-hybridized carbons (Fsp3) is 0.526. The van der Waals surface area contributed by atoms with Crippen molar-refractivity contribution in [2.24, 2.45) is 4.99 Å². The molecule has 2 aromatic rings. The molecular formula is C19H30N6O. The maximum absolute atomic E-state index is 5.67. The Morgan fingerprint density at radius 3 is 2.81 bits per heavy atom. The van der Waals surface area contributed by atoms with Crippen molar-refractivity contribution in [3.8, 4) is 0 Å². The summed E-state index contributed by atoms with van der Waals surface area (Å²) in [6, 6.07) is 8.41. The molecule has 142 valence electrons. The highest BCUT2D eigenvalue weighted by Gasteiger charge is 2.03. The minimum atomic E-state index is 0.235. The number of hydrogen-bond acceptors (Lipinski definition) is 4. The zero-order chi connectivity index (χ0) is 18.8. The Balaban J connectivity index is 1.78. The van der Waals surface area contributed by atoms with Crippen LogP contribution in [-0.4, -0.2) is 40.4 Å². The monoisotopic (exact) mass is 358 g/mol. The largest absolute Gasteiger partial charge is 0.374 e. The molecule has 2 rings (SSSR count). The molecule has 0 aliphatic rings. The van der Waals surface area contributed by atoms with E-state index in [0.717, 1.165) is 31.3 Å². The van der Waals surface area contributed by atoms with Crippen LogP contribution in [0.5, 0.6) is 0 Å². The molecule has 1 aromatic heterocycles. The maximum atomic E-state index is 5.67. The van der Waals surface area contributed by atoms with Crippen LogP contribution in [0.15, 0.2) is 35.6 Å². The highest BCUT2D eigenvalue weighted by atomic mass is 16.5. The summed E-state index contributed by atoms with van der Waals surface area (Å²) in [6.45, 7) is 9.08. The predicted octanol–water partition coefficient (Wildman–Crippen LogP) is 2.13. The van der Waals surface area contributed by atoms with Gasteiger partial charge in [-0.2, -0.15) is 0 Å². The van der Waals surface area contributed by atoms with E-state index < -0.39 is 0 Å². The predicted molar refractivity (Wildman–Crippen MR) is 104 cm³/mol. The summed E-state index contributed by atoms with van der Waals surface area (Å²) >= 11 is 0. The SMILES string of the molecule is CCc1nncn1CCNC(=NC)NCc1cccc(COC(C)C)c1. The van der Waals surface area contributed by atoms with Crippen LogP contribution >= 0.6 is 0 Å². The van der Waals surface area contributed by atoms with Crippen molar-refractivity contribution in [2.45, 2.75) is 53.0 Å². The molecule has 0 fully saturated rings. The van der Waals surface area contributed by atoms with E-state index in [2.05, 4.69) is 61.6 Å². The second-order valence-electron chi connectivity index (χ2n) is 6.33. The molecule has 0 atom stereocenters. The van der Waals surface area contributed by atoms with E-state index in [1.54, 1.807) is 13.4 Å². The van der Waals surface area contributed by atoms with Crippen LogP contribution in [0.4, 0.5) is 0 Å². The van der Waals surface area contributed by atoms with Gasteiger partial charge in [-0.3, -0.25) is 4.99 Å². The van der Waals surface area contributed by atoms with Gasteiger partial charge in [0.05, 0.1) is 12.7 Å². The van der Waals surface area contributed by atoms with Gasteiger partial charge >= 0.3 is 0 Å². The molecule has 0 aliphatic carbocycles. The third-order valence-corrected chi connectivity index (χ3v) is 3.92. The highest BCUT2D eigenvalue weighted by Crippen LogP contribution is 2.08. The van der Waals surface area contributed by atoms with Crippen molar-refractivity contribution in [3.63, 3.8) is 0 Å². The van der Waals surface area contributed by atoms with E-state index in [1.165, 1.54) is 11.1 Å². The van der Waals surface area contributed by atoms with Gasteiger partial charge < -0.3 is 19.9 Å². The Morgan fingerprint density at radius 1 is 1.27 bits per heavy atom. The van der Waals surface area contributed by atoms with Gasteiger partial charge in [0.25, 0.3) is 0 Å². The van der Waals surface area contributed by atoms with Crippen molar-refractivity contribution in [3.05, 3.63) is 47.5 Å². The summed E-state index contributed by atoms with van der Waals surface area (Å²) in [5.41, 5.74) is 2.38. The third-order valence-electron chi connectivity index (χ3n) is 3.92. The third kappa shape index (κ3) is 6.48. The molecule has 0 bridgehead atoms. The average Bonchev–Trinajstić information content (AvgIpc) is 3.10. The summed E-state index contributed by atoms with van der Waals surface area (Å²) in [5, 5.41) is 14.7. The zero-order valence-corrected chi connectivity index (χ0v) is 16.2. The smallest absolute Gasteiger partial charge is 0.191 e. The van der Waals surface area contributed by atoms with Gasteiger partial charge in [0.2, 0.25) is 0 Å². The van der Waals surface area contributed by atoms with Gasteiger partial charge in [0.1, 0.15) is 12.2 Å². The number of guanidine groups is 1. The van der Waals surface area contributed by atoms with Crippen LogP contribution in [0.2, 0.25) is 0 Å². The summed E-state index contributed by atoms with van der Waals surface area (Å²) < 4.78 is 7.72. The van der Waals surface area contributed by atoms with Crippen molar-refractivity contribution < 1.29 is 4.74 Å². The molecule has 0 spiro atoms. The lowest BCUT2D eigenvalue weighted by atomic mass is 10.1. The van der Waals surface area contributed by atoms with Gasteiger partial charge in [-0.05, 0) is 25.0 Å². The Hall–Kier alpha value is -2.41. The first-order valence-electron chi connectivity index (χ1n) is 9.13. The summed E-state index contributed by atoms with van der Waals surface area (Å²) in [5.74, 6) is 1.77. The number of benzene rings is 1. The van der Waals surface area contributed by atoms with Gasteiger partial charge in [0.15, 0.2) is 5.96 Å². The second-order valence-corrected chi connectivity index (χ2v) is 6.33. The van der Waals surface area contributed by atoms with Crippen molar-refractivity contribution >= 4 is 5.96 Å². The van der Waals surface area contributed by atoms with Gasteiger partial charge in [0, 0.05) is 33.1 Å². The molecule has 7 heteroatoms. The van der Waals surface area contributed by atoms with E-state index in [1.807, 2.05) is 13.8 Å². The number of nitrogens with zero attached hydrogens (tertiary/aromatic N) is 4. The van der Waals surface area contributed by atoms with Gasteiger partial charge in [-0.15, -0.1) is 10.2 Å². The lowest BCUT2D eigenvalue weighted by Gasteiger charge is -2.13. The van der Waals surface area contributed by atoms with Crippen molar-refractivity contribution in [1.82, 2.24) is 25.4 Å². The van der Waals surface area contributed by atoms with Crippen molar-refractivity contribution in [2.75, 3.05) is 13.6 Å². The summed E-state index contributed by atoms with van der Waals surface area (Å²) in [6.07, 6.45) is 2.88. The molecule has 1 heterocycles. The molecule has 0 saturated heterocycles. The van der Waals surface area contributed by atoms with E-state index in [4.69, 9.17) is 4.74 Å². The standard InChI is InChI=1S/C19H30N6O/c1-5-18-24-23-14-25(18)10-9-21-19(20-4)22-12-16-7-6-8-17(11-16)13-26-15(2)3/h6-8,11,14-15H,5,9-10,12-13H2,1-4H3,(H2,20,21,22). The van der Waals surface area contributed by atoms with Crippen LogP contribution in [0.1, 0.15) is 37.7 Å². The number of aliphatic imine (C=N–C) groups is 1. The number of aromatic nitrogens is 3. The maximum Gasteiger partial charge on any atom is 0.191 e. The zero-order valence-electron chi connectivity index (χ0n) is 16.2. The number of nitrogens with one attached hydrogen (secondary N) is 2. The van der Waals surface area contributed by atoms with E-state index >= 15 is 0 Å². The molecule has 0 unspecified atom stereocenters. The minimum Gasteiger partial charge on any atom is -0.374 e. The van der Waals surface area contributed by atoms with Crippen LogP contribution in [0.25, 0.3) is 0 Å². The van der Waals surface area contributed by atoms with E-state index in [9.17, 15) is 0 Å². The highest BCUT2D eigenvalue weighted by molar-refractivity contribution is 5.79. The molecule has 2 N–H and O–H groups in total. The number of ether oxygens (including phenoxy) is 1. The van der Waals surface area contributed by atoms with Crippen LogP contribution in [0.3, 0.4) is 0 Å². The molecule has 7 nitrogen and oxygen atoms in total. The first-order chi connectivity index (χ1) is 12.6. The van der Waals surface area contributed by atoms with Gasteiger partial charge in [-0.25, -0.2) is 0 Å². The lowest BCUT2D eigenvalue weighted by molar-refractivity contribution is 0.0657. The number of aryl methyl sites for hydroxylation is 1. The topological polar surface area (TPSA) is 76.4 Å². The quantitative estimate of drug-likeness (QED) is 0.530. The first-order valence-corrected chi connectivity index (χ1v) is 9.13. The van der Waals surface area contributed by atoms with E-state index in [0.29, 0.717) is 13.2 Å². The van der Waals surface area contributed by atoms with Crippen LogP contribution < -0.4 is 10.6 Å². The molecule has 0 amide bonds. The second kappa shape index (κ2) is 10.6. The fourth-order valence-corrected chi connectivity index (χ4v) is 2.53. The molecule has 1 aromatic carbocycles. The van der Waals surface area contributed by atoms with Crippen molar-refractivity contribution in [1.29, 1.82) is 0 Å². The van der Waals surface area contributed by atoms with E-state index in [-0.39, 0.29) is 6.10 Å². The van der Waals surface area contributed by atoms with Crippen LogP contribution in [-0.2, 0) is 30.9 Å². The normalized spacial score (nSPS) is 11.8. The molecular weight excluding hydrogens is 328 g/mol. The number of rotatable bonds is 9. The Kier molecular flexibility index (Phi) is 8.08. The summed E-state index contributed by atoms with van der Waals surface area (Å²) in [7, 11) is 1.78. The minimum absolute atomic E-state index is 0.235.